The zero-order valence-corrected chi connectivity index (χ0v) is 20.1. The molecule has 1 fully saturated rings. The van der Waals surface area contributed by atoms with Gasteiger partial charge in [0, 0.05) is 23.2 Å². The fourth-order valence-electron chi connectivity index (χ4n) is 4.19. The van der Waals surface area contributed by atoms with Crippen LogP contribution in [-0.2, 0) is 0 Å². The van der Waals surface area contributed by atoms with E-state index in [0.29, 0.717) is 28.9 Å². The van der Waals surface area contributed by atoms with Crippen molar-refractivity contribution in [2.75, 3.05) is 27.1 Å². The van der Waals surface area contributed by atoms with Gasteiger partial charge in [-0.05, 0) is 37.1 Å². The van der Waals surface area contributed by atoms with Gasteiger partial charge in [0.15, 0.2) is 16.8 Å². The van der Waals surface area contributed by atoms with Crippen molar-refractivity contribution in [3.63, 3.8) is 0 Å². The minimum absolute atomic E-state index is 0.0293. The average Bonchev–Trinajstić information content (AvgIpc) is 3.31. The molecule has 3 aromatic rings. The quantitative estimate of drug-likeness (QED) is 0.306. The van der Waals surface area contributed by atoms with E-state index in [2.05, 4.69) is 14.8 Å². The lowest BCUT2D eigenvalue weighted by molar-refractivity contribution is 0.102. The van der Waals surface area contributed by atoms with Crippen LogP contribution < -0.4 is 14.2 Å². The van der Waals surface area contributed by atoms with Crippen LogP contribution in [0.2, 0.25) is 0 Å². The molecule has 4 rings (SSSR count). The van der Waals surface area contributed by atoms with Crippen molar-refractivity contribution in [2.24, 2.45) is 0 Å². The number of benzene rings is 2. The molecule has 7 nitrogen and oxygen atoms in total. The standard InChI is InChI=1S/C25H29N3O4S/c1-30-20-11-7-8-17(12-20)23(29)16-33-25-27-26-24(28(25)19-9-5-4-6-10-19)18-13-21(31-2)15-22(14-18)32-3/h7-8,11-15,19H,4-6,9-10,16H2,1-3H3. The zero-order chi connectivity index (χ0) is 23.2. The van der Waals surface area contributed by atoms with Crippen LogP contribution in [0.1, 0.15) is 48.5 Å². The predicted molar refractivity (Wildman–Crippen MR) is 129 cm³/mol. The fourth-order valence-corrected chi connectivity index (χ4v) is 5.09. The minimum Gasteiger partial charge on any atom is -0.497 e. The molecule has 1 aliphatic carbocycles. The summed E-state index contributed by atoms with van der Waals surface area (Å²) in [6, 6.07) is 13.3. The van der Waals surface area contributed by atoms with Crippen LogP contribution in [0.5, 0.6) is 17.2 Å². The molecule has 0 atom stereocenters. The van der Waals surface area contributed by atoms with E-state index in [1.54, 1.807) is 27.4 Å². The maximum atomic E-state index is 12.9. The summed E-state index contributed by atoms with van der Waals surface area (Å²) in [5.74, 6) is 3.15. The molecule has 0 unspecified atom stereocenters. The number of thioether (sulfide) groups is 1. The second-order valence-electron chi connectivity index (χ2n) is 8.01. The molecule has 33 heavy (non-hydrogen) atoms. The molecule has 0 amide bonds. The first-order chi connectivity index (χ1) is 16.1. The summed E-state index contributed by atoms with van der Waals surface area (Å²) < 4.78 is 18.4. The number of rotatable bonds is 9. The molecule has 0 N–H and O–H groups in total. The maximum Gasteiger partial charge on any atom is 0.192 e. The van der Waals surface area contributed by atoms with Crippen LogP contribution >= 0.6 is 11.8 Å². The number of hydrogen-bond donors (Lipinski definition) is 0. The number of ether oxygens (including phenoxy) is 3. The minimum atomic E-state index is 0.0293. The number of carbonyl (C=O) groups is 1. The second kappa shape index (κ2) is 10.7. The van der Waals surface area contributed by atoms with Crippen molar-refractivity contribution >= 4 is 17.5 Å². The summed E-state index contributed by atoms with van der Waals surface area (Å²) in [7, 11) is 4.87. The lowest BCUT2D eigenvalue weighted by Crippen LogP contribution is -2.15. The first-order valence-corrected chi connectivity index (χ1v) is 12.1. The third-order valence-electron chi connectivity index (χ3n) is 5.94. The number of carbonyl (C=O) groups excluding carboxylic acids is 1. The Labute approximate surface area is 198 Å². The van der Waals surface area contributed by atoms with E-state index in [-0.39, 0.29) is 11.5 Å². The van der Waals surface area contributed by atoms with Crippen LogP contribution in [0.15, 0.2) is 47.6 Å². The van der Waals surface area contributed by atoms with Gasteiger partial charge < -0.3 is 14.2 Å². The lowest BCUT2D eigenvalue weighted by Gasteiger charge is -2.25. The van der Waals surface area contributed by atoms with Gasteiger partial charge in [0.1, 0.15) is 17.2 Å². The highest BCUT2D eigenvalue weighted by Crippen LogP contribution is 2.37. The number of ketones is 1. The Kier molecular flexibility index (Phi) is 7.54. The largest absolute Gasteiger partial charge is 0.497 e. The highest BCUT2D eigenvalue weighted by Gasteiger charge is 2.25. The van der Waals surface area contributed by atoms with Gasteiger partial charge in [0.25, 0.3) is 0 Å². The SMILES string of the molecule is COc1cccc(C(=O)CSc2nnc(-c3cc(OC)cc(OC)c3)n2C2CCCCC2)c1. The highest BCUT2D eigenvalue weighted by atomic mass is 32.2. The molecule has 0 spiro atoms. The lowest BCUT2D eigenvalue weighted by atomic mass is 9.95. The first kappa shape index (κ1) is 23.2. The van der Waals surface area contributed by atoms with Crippen molar-refractivity contribution in [3.05, 3.63) is 48.0 Å². The highest BCUT2D eigenvalue weighted by molar-refractivity contribution is 7.99. The van der Waals surface area contributed by atoms with Crippen molar-refractivity contribution < 1.29 is 19.0 Å². The van der Waals surface area contributed by atoms with Crippen molar-refractivity contribution in [1.29, 1.82) is 0 Å². The normalized spacial score (nSPS) is 14.2. The Hall–Kier alpha value is -3.00. The molecule has 174 valence electrons. The van der Waals surface area contributed by atoms with E-state index in [9.17, 15) is 4.79 Å². The van der Waals surface area contributed by atoms with Crippen LogP contribution in [0.4, 0.5) is 0 Å². The maximum absolute atomic E-state index is 12.9. The number of nitrogens with zero attached hydrogens (tertiary/aromatic N) is 3. The summed E-state index contributed by atoms with van der Waals surface area (Å²) in [6.07, 6.45) is 5.75. The first-order valence-electron chi connectivity index (χ1n) is 11.1. The van der Waals surface area contributed by atoms with E-state index in [1.165, 1.54) is 31.0 Å². The summed E-state index contributed by atoms with van der Waals surface area (Å²) in [6.45, 7) is 0. The van der Waals surface area contributed by atoms with E-state index < -0.39 is 0 Å². The van der Waals surface area contributed by atoms with Gasteiger partial charge in [-0.1, -0.05) is 43.2 Å². The van der Waals surface area contributed by atoms with E-state index >= 15 is 0 Å². The predicted octanol–water partition coefficient (Wildman–Crippen LogP) is 5.45. The van der Waals surface area contributed by atoms with Gasteiger partial charge in [-0.3, -0.25) is 9.36 Å². The van der Waals surface area contributed by atoms with E-state index in [1.807, 2.05) is 36.4 Å². The number of aromatic nitrogens is 3. The molecule has 1 aromatic heterocycles. The van der Waals surface area contributed by atoms with Crippen molar-refractivity contribution in [2.45, 2.75) is 43.3 Å². The smallest absolute Gasteiger partial charge is 0.192 e. The summed E-state index contributed by atoms with van der Waals surface area (Å²) >= 11 is 1.43. The molecule has 1 aliphatic rings. The fraction of sp³-hybridized carbons (Fsp3) is 0.400. The topological polar surface area (TPSA) is 75.5 Å². The van der Waals surface area contributed by atoms with Gasteiger partial charge in [-0.2, -0.15) is 0 Å². The molecule has 0 bridgehead atoms. The number of Topliss-reactive ketones (excluding diaryl/α,β-unsaturated/α-hetero) is 1. The third-order valence-corrected chi connectivity index (χ3v) is 6.88. The Bertz CT molecular complexity index is 1090. The van der Waals surface area contributed by atoms with Gasteiger partial charge >= 0.3 is 0 Å². The molecule has 0 aliphatic heterocycles. The Morgan fingerprint density at radius 1 is 0.939 bits per heavy atom. The molecule has 2 aromatic carbocycles. The van der Waals surface area contributed by atoms with E-state index in [4.69, 9.17) is 14.2 Å². The summed E-state index contributed by atoms with van der Waals surface area (Å²) in [5.41, 5.74) is 1.51. The van der Waals surface area contributed by atoms with Crippen LogP contribution in [0.3, 0.4) is 0 Å². The number of hydrogen-bond acceptors (Lipinski definition) is 7. The second-order valence-corrected chi connectivity index (χ2v) is 8.96. The average molecular weight is 468 g/mol. The molecule has 0 saturated heterocycles. The Balaban J connectivity index is 1.64. The van der Waals surface area contributed by atoms with Crippen LogP contribution in [0.25, 0.3) is 11.4 Å². The molecule has 1 heterocycles. The van der Waals surface area contributed by atoms with Gasteiger partial charge in [-0.25, -0.2) is 0 Å². The summed E-state index contributed by atoms with van der Waals surface area (Å²) in [4.78, 5) is 12.9. The van der Waals surface area contributed by atoms with Crippen molar-refractivity contribution in [3.8, 4) is 28.6 Å². The summed E-state index contributed by atoms with van der Waals surface area (Å²) in [5, 5.41) is 9.79. The van der Waals surface area contributed by atoms with E-state index in [0.717, 1.165) is 29.4 Å². The van der Waals surface area contributed by atoms with Crippen molar-refractivity contribution in [1.82, 2.24) is 14.8 Å². The Morgan fingerprint density at radius 2 is 1.64 bits per heavy atom. The van der Waals surface area contributed by atoms with Gasteiger partial charge in [0.2, 0.25) is 0 Å². The molecule has 1 saturated carbocycles. The number of methoxy groups -OCH3 is 3. The monoisotopic (exact) mass is 467 g/mol. The van der Waals surface area contributed by atoms with Crippen LogP contribution in [0, 0.1) is 0 Å². The zero-order valence-electron chi connectivity index (χ0n) is 19.2. The van der Waals surface area contributed by atoms with Crippen LogP contribution in [-0.4, -0.2) is 47.6 Å². The Morgan fingerprint density at radius 3 is 2.30 bits per heavy atom. The molecule has 0 radical (unpaired) electrons. The molecule has 8 heteroatoms. The van der Waals surface area contributed by atoms with Gasteiger partial charge in [0.05, 0.1) is 27.1 Å². The third kappa shape index (κ3) is 5.33. The molecular weight excluding hydrogens is 438 g/mol. The molecular formula is C25H29N3O4S. The van der Waals surface area contributed by atoms with Gasteiger partial charge in [-0.15, -0.1) is 10.2 Å².